The number of aromatic nitrogens is 2. The molecule has 7 nitrogen and oxygen atoms in total. The van der Waals surface area contributed by atoms with Crippen LogP contribution in [0.4, 0.5) is 5.69 Å². The van der Waals surface area contributed by atoms with Gasteiger partial charge < -0.3 is 16.4 Å². The number of hydrogen-bond acceptors (Lipinski definition) is 7. The minimum atomic E-state index is -0.365. The Bertz CT molecular complexity index is 717. The first-order valence-corrected chi connectivity index (χ1v) is 8.46. The molecule has 0 aliphatic rings. The summed E-state index contributed by atoms with van der Waals surface area (Å²) in [7, 11) is 0. The van der Waals surface area contributed by atoms with Crippen LogP contribution >= 0.6 is 23.1 Å². The molecule has 122 valence electrons. The fourth-order valence-electron chi connectivity index (χ4n) is 1.71. The van der Waals surface area contributed by atoms with Crippen LogP contribution in [-0.2, 0) is 9.59 Å². The Kier molecular flexibility index (Phi) is 6.08. The van der Waals surface area contributed by atoms with Crippen LogP contribution in [0.2, 0.25) is 0 Å². The number of amides is 2. The Labute approximate surface area is 142 Å². The molecule has 0 saturated carbocycles. The van der Waals surface area contributed by atoms with Crippen LogP contribution in [0, 0.1) is 13.8 Å². The zero-order chi connectivity index (χ0) is 16.8. The van der Waals surface area contributed by atoms with Gasteiger partial charge in [0.15, 0.2) is 4.34 Å². The van der Waals surface area contributed by atoms with Crippen molar-refractivity contribution in [1.82, 2.24) is 15.5 Å². The van der Waals surface area contributed by atoms with Crippen LogP contribution in [0.15, 0.2) is 27.4 Å². The van der Waals surface area contributed by atoms with Crippen molar-refractivity contribution < 1.29 is 9.59 Å². The van der Waals surface area contributed by atoms with Crippen LogP contribution in [0.5, 0.6) is 0 Å². The van der Waals surface area contributed by atoms with Crippen molar-refractivity contribution in [2.45, 2.75) is 23.1 Å². The van der Waals surface area contributed by atoms with Gasteiger partial charge in [0, 0.05) is 10.6 Å². The Morgan fingerprint density at radius 3 is 2.65 bits per heavy atom. The summed E-state index contributed by atoms with van der Waals surface area (Å²) in [4.78, 5) is 23.8. The summed E-state index contributed by atoms with van der Waals surface area (Å²) in [5, 5.41) is 14.2. The molecule has 1 heterocycles. The second-order valence-corrected chi connectivity index (χ2v) is 7.20. The molecule has 2 rings (SSSR count). The highest BCUT2D eigenvalue weighted by Crippen LogP contribution is 2.32. The highest BCUT2D eigenvalue weighted by Gasteiger charge is 2.09. The summed E-state index contributed by atoms with van der Waals surface area (Å²) in [5.41, 5.74) is 6.79. The summed E-state index contributed by atoms with van der Waals surface area (Å²) >= 11 is 3.06. The van der Waals surface area contributed by atoms with Gasteiger partial charge in [0.2, 0.25) is 11.8 Å². The van der Waals surface area contributed by atoms with Gasteiger partial charge in [-0.1, -0.05) is 23.1 Å². The van der Waals surface area contributed by atoms with Crippen molar-refractivity contribution >= 4 is 40.6 Å². The number of hydrogen-bond donors (Lipinski definition) is 3. The second-order valence-electron chi connectivity index (χ2n) is 4.69. The number of nitrogens with two attached hydrogens (primary N) is 1. The lowest BCUT2D eigenvalue weighted by Crippen LogP contribution is -2.36. The molecule has 0 bridgehead atoms. The maximum Gasteiger partial charge on any atom is 0.243 e. The summed E-state index contributed by atoms with van der Waals surface area (Å²) in [6, 6.07) is 5.70. The van der Waals surface area contributed by atoms with Gasteiger partial charge >= 0.3 is 0 Å². The molecule has 9 heteroatoms. The third kappa shape index (κ3) is 5.31. The highest BCUT2D eigenvalue weighted by molar-refractivity contribution is 8.01. The molecule has 0 radical (unpaired) electrons. The van der Waals surface area contributed by atoms with E-state index in [9.17, 15) is 9.59 Å². The van der Waals surface area contributed by atoms with E-state index in [1.807, 2.05) is 32.0 Å². The molecule has 0 unspecified atom stereocenters. The average molecular weight is 351 g/mol. The fourth-order valence-corrected chi connectivity index (χ4v) is 3.59. The van der Waals surface area contributed by atoms with Crippen molar-refractivity contribution in [2.24, 2.45) is 5.73 Å². The molecule has 4 N–H and O–H groups in total. The quantitative estimate of drug-likeness (QED) is 0.724. The molecule has 2 amide bonds. The average Bonchev–Trinajstić information content (AvgIpc) is 2.92. The molecular formula is C14H17N5O2S2. The molecule has 2 aromatic rings. The lowest BCUT2D eigenvalue weighted by Gasteiger charge is -2.10. The molecule has 0 spiro atoms. The van der Waals surface area contributed by atoms with E-state index in [0.717, 1.165) is 19.8 Å². The number of rotatable bonds is 6. The highest BCUT2D eigenvalue weighted by atomic mass is 32.2. The number of nitrogens with zero attached hydrogens (tertiary/aromatic N) is 2. The lowest BCUT2D eigenvalue weighted by molar-refractivity contribution is -0.123. The molecule has 1 aromatic carbocycles. The van der Waals surface area contributed by atoms with Gasteiger partial charge in [-0.2, -0.15) is 0 Å². The summed E-state index contributed by atoms with van der Waals surface area (Å²) in [6.07, 6.45) is 0. The number of anilines is 1. The molecule has 0 aliphatic carbocycles. The van der Waals surface area contributed by atoms with Gasteiger partial charge in [-0.15, -0.1) is 10.2 Å². The van der Waals surface area contributed by atoms with E-state index in [1.54, 1.807) is 0 Å². The number of benzene rings is 1. The summed E-state index contributed by atoms with van der Waals surface area (Å²) < 4.78 is 0.878. The van der Waals surface area contributed by atoms with Gasteiger partial charge in [0.05, 0.1) is 13.1 Å². The molecule has 0 atom stereocenters. The SMILES string of the molecule is Cc1nnc(Sc2ccc(NC(=O)CNC(=O)CN)c(C)c2)s1. The van der Waals surface area contributed by atoms with Gasteiger partial charge in [0.1, 0.15) is 5.01 Å². The van der Waals surface area contributed by atoms with Crippen LogP contribution in [-0.4, -0.2) is 35.1 Å². The van der Waals surface area contributed by atoms with Crippen LogP contribution < -0.4 is 16.4 Å². The van der Waals surface area contributed by atoms with Crippen molar-refractivity contribution in [3.05, 3.63) is 28.8 Å². The minimum Gasteiger partial charge on any atom is -0.346 e. The molecule has 0 saturated heterocycles. The first-order chi connectivity index (χ1) is 11.0. The zero-order valence-electron chi connectivity index (χ0n) is 12.8. The van der Waals surface area contributed by atoms with E-state index >= 15 is 0 Å². The summed E-state index contributed by atoms with van der Waals surface area (Å²) in [5.74, 6) is -0.661. The lowest BCUT2D eigenvalue weighted by atomic mass is 10.2. The van der Waals surface area contributed by atoms with Crippen LogP contribution in [0.3, 0.4) is 0 Å². The predicted molar refractivity (Wildman–Crippen MR) is 90.6 cm³/mol. The van der Waals surface area contributed by atoms with E-state index in [4.69, 9.17) is 5.73 Å². The molecule has 0 fully saturated rings. The van der Waals surface area contributed by atoms with E-state index in [-0.39, 0.29) is 24.9 Å². The first-order valence-electron chi connectivity index (χ1n) is 6.83. The van der Waals surface area contributed by atoms with Gasteiger partial charge in [0.25, 0.3) is 0 Å². The minimum absolute atomic E-state index is 0.101. The predicted octanol–water partition coefficient (Wildman–Crippen LogP) is 1.32. The third-order valence-electron chi connectivity index (χ3n) is 2.82. The van der Waals surface area contributed by atoms with E-state index in [2.05, 4.69) is 20.8 Å². The Hall–Kier alpha value is -1.97. The first kappa shape index (κ1) is 17.4. The van der Waals surface area contributed by atoms with Crippen molar-refractivity contribution in [2.75, 3.05) is 18.4 Å². The van der Waals surface area contributed by atoms with Crippen molar-refractivity contribution in [1.29, 1.82) is 0 Å². The smallest absolute Gasteiger partial charge is 0.243 e. The normalized spacial score (nSPS) is 10.4. The van der Waals surface area contributed by atoms with Crippen molar-refractivity contribution in [3.63, 3.8) is 0 Å². The maximum atomic E-state index is 11.8. The Morgan fingerprint density at radius 2 is 2.04 bits per heavy atom. The monoisotopic (exact) mass is 351 g/mol. The van der Waals surface area contributed by atoms with E-state index < -0.39 is 0 Å². The van der Waals surface area contributed by atoms with Gasteiger partial charge in [-0.3, -0.25) is 9.59 Å². The van der Waals surface area contributed by atoms with Gasteiger partial charge in [-0.05, 0) is 37.6 Å². The van der Waals surface area contributed by atoms with E-state index in [0.29, 0.717) is 5.69 Å². The van der Waals surface area contributed by atoms with Gasteiger partial charge in [-0.25, -0.2) is 0 Å². The zero-order valence-corrected chi connectivity index (χ0v) is 14.4. The van der Waals surface area contributed by atoms with Crippen molar-refractivity contribution in [3.8, 4) is 0 Å². The third-order valence-corrected chi connectivity index (χ3v) is 4.70. The Morgan fingerprint density at radius 1 is 1.26 bits per heavy atom. The van der Waals surface area contributed by atoms with Crippen LogP contribution in [0.1, 0.15) is 10.6 Å². The fraction of sp³-hybridized carbons (Fsp3) is 0.286. The van der Waals surface area contributed by atoms with E-state index in [1.165, 1.54) is 23.1 Å². The Balaban J connectivity index is 1.96. The second kappa shape index (κ2) is 8.04. The molecule has 23 heavy (non-hydrogen) atoms. The number of aryl methyl sites for hydroxylation is 2. The largest absolute Gasteiger partial charge is 0.346 e. The number of carbonyl (C=O) groups excluding carboxylic acids is 2. The topological polar surface area (TPSA) is 110 Å². The number of carbonyl (C=O) groups is 2. The molecule has 0 aliphatic heterocycles. The summed E-state index contributed by atoms with van der Waals surface area (Å²) in [6.45, 7) is 3.58. The maximum absolute atomic E-state index is 11.8. The van der Waals surface area contributed by atoms with Crippen LogP contribution in [0.25, 0.3) is 0 Å². The number of nitrogens with one attached hydrogen (secondary N) is 2. The molecular weight excluding hydrogens is 334 g/mol. The molecule has 1 aromatic heterocycles. The standard InChI is InChI=1S/C14H17N5O2S2/c1-8-5-10(23-14-19-18-9(2)22-14)3-4-11(8)17-13(21)7-16-12(20)6-15/h3-5H,6-7,15H2,1-2H3,(H,16,20)(H,17,21).